The summed E-state index contributed by atoms with van der Waals surface area (Å²) in [7, 11) is 1.34. The number of pyridine rings is 1. The van der Waals surface area contributed by atoms with E-state index in [0.717, 1.165) is 0 Å². The van der Waals surface area contributed by atoms with Crippen molar-refractivity contribution in [3.8, 4) is 0 Å². The van der Waals surface area contributed by atoms with E-state index in [2.05, 4.69) is 20.9 Å². The van der Waals surface area contributed by atoms with Crippen LogP contribution in [0.5, 0.6) is 0 Å². The molecule has 28 heavy (non-hydrogen) atoms. The predicted octanol–water partition coefficient (Wildman–Crippen LogP) is 1.20. The summed E-state index contributed by atoms with van der Waals surface area (Å²) in [6.45, 7) is -0.510. The first-order valence-corrected chi connectivity index (χ1v) is 8.45. The molecule has 4 amide bonds. The van der Waals surface area contributed by atoms with Crippen molar-refractivity contribution in [2.45, 2.75) is 6.10 Å². The van der Waals surface area contributed by atoms with E-state index in [0.29, 0.717) is 10.6 Å². The van der Waals surface area contributed by atoms with Gasteiger partial charge in [-0.3, -0.25) is 24.7 Å². The standard InChI is InChI=1S/C18H17ClN4O5/c1-20-18(27)23-17(26)15(11-5-3-2-4-6-11)28-14(24)10-22-16(25)13-9-12(19)7-8-21-13/h2-9,15H,10H2,1H3,(H,22,25)(H2,20,23,26,27)/t15-/m0/s1. The molecule has 1 aromatic carbocycles. The van der Waals surface area contributed by atoms with E-state index in [1.165, 1.54) is 25.4 Å². The van der Waals surface area contributed by atoms with Gasteiger partial charge in [-0.1, -0.05) is 41.9 Å². The molecule has 0 spiro atoms. The molecule has 1 atom stereocenters. The molecule has 1 aromatic heterocycles. The number of carbonyl (C=O) groups excluding carboxylic acids is 4. The summed E-state index contributed by atoms with van der Waals surface area (Å²) >= 11 is 5.79. The van der Waals surface area contributed by atoms with Crippen molar-refractivity contribution in [3.63, 3.8) is 0 Å². The monoisotopic (exact) mass is 404 g/mol. The second-order valence-electron chi connectivity index (χ2n) is 5.39. The normalized spacial score (nSPS) is 11.1. The minimum atomic E-state index is -1.37. The van der Waals surface area contributed by atoms with E-state index in [9.17, 15) is 19.2 Å². The van der Waals surface area contributed by atoms with Gasteiger partial charge in [0.05, 0.1) is 0 Å². The second-order valence-corrected chi connectivity index (χ2v) is 5.83. The molecule has 2 aromatic rings. The van der Waals surface area contributed by atoms with Gasteiger partial charge in [0.15, 0.2) is 0 Å². The largest absolute Gasteiger partial charge is 0.446 e. The first-order chi connectivity index (χ1) is 13.4. The molecular weight excluding hydrogens is 388 g/mol. The van der Waals surface area contributed by atoms with Gasteiger partial charge in [0.1, 0.15) is 12.2 Å². The number of amides is 4. The average Bonchev–Trinajstić information content (AvgIpc) is 2.70. The van der Waals surface area contributed by atoms with Gasteiger partial charge in [0.25, 0.3) is 11.8 Å². The Kier molecular flexibility index (Phi) is 7.46. The number of esters is 1. The Morgan fingerprint density at radius 2 is 1.86 bits per heavy atom. The molecule has 0 saturated carbocycles. The SMILES string of the molecule is CNC(=O)NC(=O)[C@@H](OC(=O)CNC(=O)c1cc(Cl)ccn1)c1ccccc1. The third-order valence-electron chi connectivity index (χ3n) is 3.40. The Labute approximate surface area is 165 Å². The van der Waals surface area contributed by atoms with Crippen LogP contribution in [0, 0.1) is 0 Å². The Morgan fingerprint density at radius 1 is 1.14 bits per heavy atom. The molecule has 0 radical (unpaired) electrons. The fourth-order valence-electron chi connectivity index (χ4n) is 2.09. The van der Waals surface area contributed by atoms with Gasteiger partial charge in [0, 0.05) is 23.8 Å². The highest BCUT2D eigenvalue weighted by atomic mass is 35.5. The molecule has 10 heteroatoms. The summed E-state index contributed by atoms with van der Waals surface area (Å²) in [5.74, 6) is -2.34. The summed E-state index contributed by atoms with van der Waals surface area (Å²) in [4.78, 5) is 51.6. The zero-order valence-electron chi connectivity index (χ0n) is 14.8. The van der Waals surface area contributed by atoms with E-state index >= 15 is 0 Å². The highest BCUT2D eigenvalue weighted by Gasteiger charge is 2.26. The quantitative estimate of drug-likeness (QED) is 0.621. The van der Waals surface area contributed by atoms with Crippen LogP contribution in [0.4, 0.5) is 4.79 Å². The summed E-state index contributed by atoms with van der Waals surface area (Å²) < 4.78 is 5.16. The number of nitrogens with one attached hydrogen (secondary N) is 3. The molecular formula is C18H17ClN4O5. The molecule has 0 aliphatic carbocycles. The van der Waals surface area contributed by atoms with Crippen molar-refractivity contribution in [1.82, 2.24) is 20.9 Å². The zero-order chi connectivity index (χ0) is 20.5. The van der Waals surface area contributed by atoms with Gasteiger partial charge in [-0.25, -0.2) is 4.79 Å². The Balaban J connectivity index is 2.02. The zero-order valence-corrected chi connectivity index (χ0v) is 15.5. The number of urea groups is 1. The van der Waals surface area contributed by atoms with Crippen molar-refractivity contribution in [2.24, 2.45) is 0 Å². The number of halogens is 1. The number of carbonyl (C=O) groups is 4. The molecule has 0 unspecified atom stereocenters. The summed E-state index contributed by atoms with van der Waals surface area (Å²) in [5.41, 5.74) is 0.386. The number of rotatable bonds is 6. The molecule has 0 bridgehead atoms. The summed E-state index contributed by atoms with van der Waals surface area (Å²) in [5, 5.41) is 6.93. The van der Waals surface area contributed by atoms with Crippen molar-refractivity contribution >= 4 is 35.4 Å². The molecule has 2 rings (SSSR count). The van der Waals surface area contributed by atoms with Crippen LogP contribution < -0.4 is 16.0 Å². The number of ether oxygens (including phenoxy) is 1. The maximum atomic E-state index is 12.3. The smallest absolute Gasteiger partial charge is 0.326 e. The third kappa shape index (κ3) is 6.06. The van der Waals surface area contributed by atoms with Gasteiger partial charge in [0.2, 0.25) is 6.10 Å². The van der Waals surface area contributed by atoms with E-state index in [-0.39, 0.29) is 5.69 Å². The molecule has 0 aliphatic heterocycles. The molecule has 0 saturated heterocycles. The Morgan fingerprint density at radius 3 is 2.50 bits per heavy atom. The van der Waals surface area contributed by atoms with Crippen LogP contribution in [-0.2, 0) is 14.3 Å². The van der Waals surface area contributed by atoms with Crippen molar-refractivity contribution in [2.75, 3.05) is 13.6 Å². The van der Waals surface area contributed by atoms with Crippen LogP contribution in [-0.4, -0.2) is 42.4 Å². The van der Waals surface area contributed by atoms with Crippen molar-refractivity contribution in [3.05, 3.63) is 64.9 Å². The Hall–Kier alpha value is -3.46. The van der Waals surface area contributed by atoms with Crippen molar-refractivity contribution in [1.29, 1.82) is 0 Å². The minimum absolute atomic E-state index is 0.0252. The van der Waals surface area contributed by atoms with Crippen molar-refractivity contribution < 1.29 is 23.9 Å². The molecule has 3 N–H and O–H groups in total. The lowest BCUT2D eigenvalue weighted by Gasteiger charge is -2.17. The third-order valence-corrected chi connectivity index (χ3v) is 3.64. The minimum Gasteiger partial charge on any atom is -0.446 e. The number of imide groups is 1. The van der Waals surface area contributed by atoms with Crippen LogP contribution in [0.3, 0.4) is 0 Å². The lowest BCUT2D eigenvalue weighted by Crippen LogP contribution is -2.42. The lowest BCUT2D eigenvalue weighted by molar-refractivity contribution is -0.155. The van der Waals surface area contributed by atoms with Crippen LogP contribution in [0.15, 0.2) is 48.7 Å². The van der Waals surface area contributed by atoms with Crippen LogP contribution in [0.1, 0.15) is 22.2 Å². The van der Waals surface area contributed by atoms with Crippen LogP contribution >= 0.6 is 11.6 Å². The predicted molar refractivity (Wildman–Crippen MR) is 99.5 cm³/mol. The van der Waals surface area contributed by atoms with Gasteiger partial charge in [-0.05, 0) is 12.1 Å². The first-order valence-electron chi connectivity index (χ1n) is 8.07. The molecule has 0 aliphatic rings. The van der Waals surface area contributed by atoms with Gasteiger partial charge < -0.3 is 15.4 Å². The summed E-state index contributed by atoms with van der Waals surface area (Å²) in [6, 6.07) is 10.2. The molecule has 0 fully saturated rings. The maximum Gasteiger partial charge on any atom is 0.326 e. The summed E-state index contributed by atoms with van der Waals surface area (Å²) in [6.07, 6.45) is -0.0170. The Bertz CT molecular complexity index is 875. The topological polar surface area (TPSA) is 126 Å². The first kappa shape index (κ1) is 20.8. The molecule has 9 nitrogen and oxygen atoms in total. The highest BCUT2D eigenvalue weighted by Crippen LogP contribution is 2.17. The lowest BCUT2D eigenvalue weighted by atomic mass is 10.1. The maximum absolute atomic E-state index is 12.3. The highest BCUT2D eigenvalue weighted by molar-refractivity contribution is 6.30. The van der Waals surface area contributed by atoms with Gasteiger partial charge in [-0.15, -0.1) is 0 Å². The number of hydrogen-bond acceptors (Lipinski definition) is 6. The fourth-order valence-corrected chi connectivity index (χ4v) is 2.25. The number of benzene rings is 1. The molecule has 146 valence electrons. The van der Waals surface area contributed by atoms with E-state index < -0.39 is 36.5 Å². The van der Waals surface area contributed by atoms with Gasteiger partial charge >= 0.3 is 12.0 Å². The number of aromatic nitrogens is 1. The van der Waals surface area contributed by atoms with E-state index in [4.69, 9.17) is 16.3 Å². The van der Waals surface area contributed by atoms with E-state index in [1.54, 1.807) is 30.3 Å². The van der Waals surface area contributed by atoms with Crippen LogP contribution in [0.25, 0.3) is 0 Å². The van der Waals surface area contributed by atoms with Gasteiger partial charge in [-0.2, -0.15) is 0 Å². The number of nitrogens with zero attached hydrogens (tertiary/aromatic N) is 1. The average molecular weight is 405 g/mol. The number of hydrogen-bond donors (Lipinski definition) is 3. The molecule has 1 heterocycles. The fraction of sp³-hybridized carbons (Fsp3) is 0.167. The van der Waals surface area contributed by atoms with E-state index in [1.807, 2.05) is 0 Å². The van der Waals surface area contributed by atoms with Crippen LogP contribution in [0.2, 0.25) is 5.02 Å². The second kappa shape index (κ2) is 10.0.